The summed E-state index contributed by atoms with van der Waals surface area (Å²) in [6.07, 6.45) is 4.32. The Morgan fingerprint density at radius 1 is 1.43 bits per heavy atom. The highest BCUT2D eigenvalue weighted by Crippen LogP contribution is 2.24. The number of nitrogens with zero attached hydrogens (tertiary/aromatic N) is 3. The summed E-state index contributed by atoms with van der Waals surface area (Å²) in [6.45, 7) is 2.46. The molecule has 0 saturated carbocycles. The second-order valence-corrected chi connectivity index (χ2v) is 7.98. The SMILES string of the molecule is CS(=O)(=O)NC[C@H]1CN(C(=O)C2CCOCC2)Cc2ccnn21. The lowest BCUT2D eigenvalue weighted by Gasteiger charge is -2.36. The van der Waals surface area contributed by atoms with Crippen LogP contribution < -0.4 is 4.72 Å². The maximum Gasteiger partial charge on any atom is 0.226 e. The maximum absolute atomic E-state index is 12.7. The van der Waals surface area contributed by atoms with Crippen LogP contribution in [0.25, 0.3) is 0 Å². The molecule has 0 aromatic carbocycles. The van der Waals surface area contributed by atoms with Crippen LogP contribution in [-0.4, -0.2) is 61.6 Å². The lowest BCUT2D eigenvalue weighted by atomic mass is 9.98. The summed E-state index contributed by atoms with van der Waals surface area (Å²) in [5.41, 5.74) is 0.928. The van der Waals surface area contributed by atoms with Gasteiger partial charge in [0.25, 0.3) is 0 Å². The Bertz CT molecular complexity index is 666. The number of nitrogens with one attached hydrogen (secondary N) is 1. The normalized spacial score (nSPS) is 22.8. The second kappa shape index (κ2) is 6.58. The molecule has 0 radical (unpaired) electrons. The average Bonchev–Trinajstić information content (AvgIpc) is 3.00. The predicted octanol–water partition coefficient (Wildman–Crippen LogP) is -0.258. The van der Waals surface area contributed by atoms with Gasteiger partial charge in [-0.1, -0.05) is 0 Å². The zero-order valence-electron chi connectivity index (χ0n) is 13.1. The average molecular weight is 342 g/mol. The molecule has 23 heavy (non-hydrogen) atoms. The van der Waals surface area contributed by atoms with Crippen molar-refractivity contribution >= 4 is 15.9 Å². The van der Waals surface area contributed by atoms with Crippen molar-refractivity contribution < 1.29 is 17.9 Å². The van der Waals surface area contributed by atoms with E-state index >= 15 is 0 Å². The molecule has 0 unspecified atom stereocenters. The second-order valence-electron chi connectivity index (χ2n) is 6.15. The van der Waals surface area contributed by atoms with Gasteiger partial charge >= 0.3 is 0 Å². The van der Waals surface area contributed by atoms with E-state index in [1.54, 1.807) is 6.20 Å². The largest absolute Gasteiger partial charge is 0.381 e. The van der Waals surface area contributed by atoms with Crippen LogP contribution in [0.5, 0.6) is 0 Å². The number of ether oxygens (including phenoxy) is 1. The number of carbonyl (C=O) groups excluding carboxylic acids is 1. The van der Waals surface area contributed by atoms with Crippen LogP contribution >= 0.6 is 0 Å². The van der Waals surface area contributed by atoms with Crippen LogP contribution in [-0.2, 0) is 26.1 Å². The molecule has 128 valence electrons. The molecule has 9 heteroatoms. The quantitative estimate of drug-likeness (QED) is 0.814. The monoisotopic (exact) mass is 342 g/mol. The number of aromatic nitrogens is 2. The molecule has 1 atom stereocenters. The molecule has 2 aliphatic heterocycles. The van der Waals surface area contributed by atoms with Gasteiger partial charge in [0.15, 0.2) is 0 Å². The van der Waals surface area contributed by atoms with Gasteiger partial charge in [-0.05, 0) is 18.9 Å². The number of amides is 1. The van der Waals surface area contributed by atoms with Crippen molar-refractivity contribution in [1.82, 2.24) is 19.4 Å². The Balaban J connectivity index is 1.73. The molecule has 3 rings (SSSR count). The number of hydrogen-bond acceptors (Lipinski definition) is 5. The first-order chi connectivity index (χ1) is 10.9. The van der Waals surface area contributed by atoms with Crippen molar-refractivity contribution in [3.05, 3.63) is 18.0 Å². The van der Waals surface area contributed by atoms with E-state index in [1.807, 2.05) is 15.6 Å². The van der Waals surface area contributed by atoms with Crippen molar-refractivity contribution in [2.75, 3.05) is 32.6 Å². The minimum absolute atomic E-state index is 0.00161. The van der Waals surface area contributed by atoms with Crippen LogP contribution in [0.15, 0.2) is 12.3 Å². The molecule has 1 aromatic heterocycles. The highest BCUT2D eigenvalue weighted by molar-refractivity contribution is 7.88. The van der Waals surface area contributed by atoms with Crippen molar-refractivity contribution in [3.63, 3.8) is 0 Å². The van der Waals surface area contributed by atoms with Gasteiger partial charge in [-0.2, -0.15) is 5.10 Å². The Hall–Kier alpha value is -1.45. The highest BCUT2D eigenvalue weighted by atomic mass is 32.2. The van der Waals surface area contributed by atoms with E-state index in [4.69, 9.17) is 4.74 Å². The Labute approximate surface area is 135 Å². The molecule has 1 N–H and O–H groups in total. The zero-order chi connectivity index (χ0) is 16.4. The molecule has 0 aliphatic carbocycles. The minimum Gasteiger partial charge on any atom is -0.381 e. The molecule has 2 aliphatic rings. The lowest BCUT2D eigenvalue weighted by Crippen LogP contribution is -2.47. The summed E-state index contributed by atoms with van der Waals surface area (Å²) in [7, 11) is -3.28. The smallest absolute Gasteiger partial charge is 0.226 e. The molecule has 3 heterocycles. The molecular weight excluding hydrogens is 320 g/mol. The number of sulfonamides is 1. The Morgan fingerprint density at radius 2 is 2.17 bits per heavy atom. The van der Waals surface area contributed by atoms with Crippen molar-refractivity contribution in [1.29, 1.82) is 0 Å². The van der Waals surface area contributed by atoms with Gasteiger partial charge in [0.2, 0.25) is 15.9 Å². The molecule has 1 saturated heterocycles. The molecule has 1 amide bonds. The lowest BCUT2D eigenvalue weighted by molar-refractivity contribution is -0.140. The van der Waals surface area contributed by atoms with E-state index in [0.717, 1.165) is 24.8 Å². The third kappa shape index (κ3) is 3.91. The zero-order valence-corrected chi connectivity index (χ0v) is 14.0. The summed E-state index contributed by atoms with van der Waals surface area (Å²) in [5, 5.41) is 4.27. The van der Waals surface area contributed by atoms with Crippen LogP contribution in [0.3, 0.4) is 0 Å². The Morgan fingerprint density at radius 3 is 2.87 bits per heavy atom. The van der Waals surface area contributed by atoms with Gasteiger partial charge in [-0.25, -0.2) is 13.1 Å². The van der Waals surface area contributed by atoms with Gasteiger partial charge in [0, 0.05) is 38.4 Å². The first-order valence-electron chi connectivity index (χ1n) is 7.77. The molecule has 1 aromatic rings. The summed E-state index contributed by atoms with van der Waals surface area (Å²) >= 11 is 0. The van der Waals surface area contributed by atoms with E-state index < -0.39 is 10.0 Å². The highest BCUT2D eigenvalue weighted by Gasteiger charge is 2.33. The maximum atomic E-state index is 12.7. The number of carbonyl (C=O) groups is 1. The van der Waals surface area contributed by atoms with E-state index in [9.17, 15) is 13.2 Å². The van der Waals surface area contributed by atoms with Crippen LogP contribution in [0.4, 0.5) is 0 Å². The fourth-order valence-electron chi connectivity index (χ4n) is 3.16. The van der Waals surface area contributed by atoms with E-state index in [2.05, 4.69) is 9.82 Å². The van der Waals surface area contributed by atoms with E-state index in [0.29, 0.717) is 26.3 Å². The van der Waals surface area contributed by atoms with Gasteiger partial charge in [-0.15, -0.1) is 0 Å². The molecule has 1 fully saturated rings. The molecule has 8 nitrogen and oxygen atoms in total. The summed E-state index contributed by atoms with van der Waals surface area (Å²) < 4.78 is 32.3. The third-order valence-electron chi connectivity index (χ3n) is 4.35. The van der Waals surface area contributed by atoms with Gasteiger partial charge in [-0.3, -0.25) is 9.48 Å². The van der Waals surface area contributed by atoms with Crippen molar-refractivity contribution in [3.8, 4) is 0 Å². The number of rotatable bonds is 4. The predicted molar refractivity (Wildman–Crippen MR) is 83.1 cm³/mol. The molecule has 0 spiro atoms. The standard InChI is InChI=1S/C14H22N4O4S/c1-23(20,21)16-8-13-10-17(9-12-2-5-15-18(12)13)14(19)11-3-6-22-7-4-11/h2,5,11,13,16H,3-4,6-10H2,1H3/t13-/m0/s1. The molecular formula is C14H22N4O4S. The van der Waals surface area contributed by atoms with Crippen LogP contribution in [0.1, 0.15) is 24.6 Å². The van der Waals surface area contributed by atoms with Crippen LogP contribution in [0.2, 0.25) is 0 Å². The fraction of sp³-hybridized carbons (Fsp3) is 0.714. The van der Waals surface area contributed by atoms with E-state index in [1.165, 1.54) is 0 Å². The van der Waals surface area contributed by atoms with Gasteiger partial charge < -0.3 is 9.64 Å². The van der Waals surface area contributed by atoms with Crippen molar-refractivity contribution in [2.24, 2.45) is 5.92 Å². The van der Waals surface area contributed by atoms with E-state index in [-0.39, 0.29) is 24.4 Å². The fourth-order valence-corrected chi connectivity index (χ4v) is 3.65. The first-order valence-corrected chi connectivity index (χ1v) is 9.67. The topological polar surface area (TPSA) is 93.5 Å². The number of hydrogen-bond donors (Lipinski definition) is 1. The minimum atomic E-state index is -3.28. The summed E-state index contributed by atoms with van der Waals surface area (Å²) in [4.78, 5) is 14.6. The summed E-state index contributed by atoms with van der Waals surface area (Å²) in [6, 6.07) is 1.68. The van der Waals surface area contributed by atoms with Gasteiger partial charge in [0.05, 0.1) is 24.5 Å². The Kier molecular flexibility index (Phi) is 4.69. The first kappa shape index (κ1) is 16.4. The molecule has 0 bridgehead atoms. The van der Waals surface area contributed by atoms with Crippen molar-refractivity contribution in [2.45, 2.75) is 25.4 Å². The summed E-state index contributed by atoms with van der Waals surface area (Å²) in [5.74, 6) is 0.131. The van der Waals surface area contributed by atoms with Crippen LogP contribution in [0, 0.1) is 5.92 Å². The third-order valence-corrected chi connectivity index (χ3v) is 5.04. The van der Waals surface area contributed by atoms with Gasteiger partial charge in [0.1, 0.15) is 0 Å². The number of fused-ring (bicyclic) bond motifs is 1.